The lowest BCUT2D eigenvalue weighted by molar-refractivity contribution is 0.0753. The molecule has 110 valence electrons. The predicted molar refractivity (Wildman–Crippen MR) is 87.5 cm³/mol. The molecule has 1 amide bonds. The lowest BCUT2D eigenvalue weighted by atomic mass is 10.1. The summed E-state index contributed by atoms with van der Waals surface area (Å²) < 4.78 is 0. The molecule has 0 aliphatic carbocycles. The first-order valence-electron chi connectivity index (χ1n) is 6.91. The second-order valence-corrected chi connectivity index (χ2v) is 5.40. The van der Waals surface area contributed by atoms with Crippen LogP contribution in [0.4, 0.5) is 5.69 Å². The van der Waals surface area contributed by atoms with Gasteiger partial charge in [-0.05, 0) is 31.5 Å². The highest BCUT2D eigenvalue weighted by Gasteiger charge is 2.18. The van der Waals surface area contributed by atoms with Gasteiger partial charge in [0.05, 0.1) is 16.3 Å². The van der Waals surface area contributed by atoms with E-state index in [1.807, 2.05) is 32.0 Å². The van der Waals surface area contributed by atoms with Crippen LogP contribution in [-0.4, -0.2) is 17.4 Å². The molecule has 0 saturated carbocycles. The van der Waals surface area contributed by atoms with Crippen molar-refractivity contribution < 1.29 is 4.79 Å². The number of aryl methyl sites for hydroxylation is 1. The zero-order valence-corrected chi connectivity index (χ0v) is 13.0. The number of hydrogen-bond acceptors (Lipinski definition) is 2. The van der Waals surface area contributed by atoms with E-state index in [2.05, 4.69) is 6.07 Å². The highest BCUT2D eigenvalue weighted by atomic mass is 35.5. The molecule has 0 saturated heterocycles. The minimum absolute atomic E-state index is 0.101. The molecule has 3 nitrogen and oxygen atoms in total. The van der Waals surface area contributed by atoms with Crippen LogP contribution in [0.5, 0.6) is 0 Å². The third-order valence-electron chi connectivity index (χ3n) is 3.38. The fraction of sp³-hybridized carbons (Fsp3) is 0.235. The minimum Gasteiger partial charge on any atom is -0.398 e. The summed E-state index contributed by atoms with van der Waals surface area (Å²) in [5.74, 6) is -0.101. The predicted octanol–water partition coefficient (Wildman–Crippen LogP) is 3.89. The number of nitrogen functional groups attached to an aromatic ring is 1. The molecular weight excluding hydrogens is 284 g/mol. The smallest absolute Gasteiger partial charge is 0.255 e. The van der Waals surface area contributed by atoms with E-state index >= 15 is 0 Å². The summed E-state index contributed by atoms with van der Waals surface area (Å²) >= 11 is 6.14. The number of carbonyl (C=O) groups excluding carboxylic acids is 1. The largest absolute Gasteiger partial charge is 0.398 e. The van der Waals surface area contributed by atoms with E-state index < -0.39 is 0 Å². The van der Waals surface area contributed by atoms with E-state index in [1.165, 1.54) is 5.56 Å². The number of rotatable bonds is 4. The number of benzene rings is 2. The van der Waals surface area contributed by atoms with Gasteiger partial charge in [0, 0.05) is 13.1 Å². The Morgan fingerprint density at radius 1 is 1.24 bits per heavy atom. The van der Waals surface area contributed by atoms with Gasteiger partial charge >= 0.3 is 0 Å². The third kappa shape index (κ3) is 3.56. The first-order valence-corrected chi connectivity index (χ1v) is 7.29. The van der Waals surface area contributed by atoms with Crippen LogP contribution in [0.15, 0.2) is 42.5 Å². The Morgan fingerprint density at radius 2 is 1.95 bits per heavy atom. The van der Waals surface area contributed by atoms with E-state index in [0.29, 0.717) is 29.4 Å². The van der Waals surface area contributed by atoms with Crippen molar-refractivity contribution in [3.63, 3.8) is 0 Å². The van der Waals surface area contributed by atoms with Crippen molar-refractivity contribution in [3.8, 4) is 0 Å². The number of amides is 1. The van der Waals surface area contributed by atoms with Crippen LogP contribution >= 0.6 is 11.6 Å². The van der Waals surface area contributed by atoms with Crippen molar-refractivity contribution in [2.24, 2.45) is 0 Å². The van der Waals surface area contributed by atoms with Crippen LogP contribution in [-0.2, 0) is 6.54 Å². The molecule has 0 atom stereocenters. The van der Waals surface area contributed by atoms with E-state index in [9.17, 15) is 4.79 Å². The molecule has 2 aromatic rings. The maximum Gasteiger partial charge on any atom is 0.255 e. The SMILES string of the molecule is CCN(Cc1cccc(C)c1)C(=O)c1cccc(N)c1Cl. The molecule has 0 aliphatic rings. The van der Waals surface area contributed by atoms with Crippen LogP contribution in [0.25, 0.3) is 0 Å². The standard InChI is InChI=1S/C17H19ClN2O/c1-3-20(11-13-7-4-6-12(2)10-13)17(21)14-8-5-9-15(19)16(14)18/h4-10H,3,11,19H2,1-2H3. The van der Waals surface area contributed by atoms with Gasteiger partial charge in [0.15, 0.2) is 0 Å². The van der Waals surface area contributed by atoms with E-state index in [4.69, 9.17) is 17.3 Å². The zero-order chi connectivity index (χ0) is 15.4. The lowest BCUT2D eigenvalue weighted by Crippen LogP contribution is -2.30. The van der Waals surface area contributed by atoms with E-state index in [1.54, 1.807) is 23.1 Å². The van der Waals surface area contributed by atoms with Crippen LogP contribution in [0.2, 0.25) is 5.02 Å². The Bertz CT molecular complexity index is 655. The van der Waals surface area contributed by atoms with Gasteiger partial charge in [-0.3, -0.25) is 4.79 Å². The molecule has 0 unspecified atom stereocenters. The van der Waals surface area contributed by atoms with Gasteiger partial charge in [0.1, 0.15) is 0 Å². The molecule has 0 fully saturated rings. The van der Waals surface area contributed by atoms with Crippen molar-refractivity contribution in [1.82, 2.24) is 4.90 Å². The molecule has 0 spiro atoms. The quantitative estimate of drug-likeness (QED) is 0.871. The summed E-state index contributed by atoms with van der Waals surface area (Å²) in [5, 5.41) is 0.324. The maximum absolute atomic E-state index is 12.6. The van der Waals surface area contributed by atoms with Crippen LogP contribution < -0.4 is 5.73 Å². The Hall–Kier alpha value is -2.00. The first kappa shape index (κ1) is 15.4. The van der Waals surface area contributed by atoms with E-state index in [-0.39, 0.29) is 5.91 Å². The number of nitrogens with two attached hydrogens (primary N) is 1. The molecule has 2 aromatic carbocycles. The number of nitrogens with zero attached hydrogens (tertiary/aromatic N) is 1. The Labute approximate surface area is 130 Å². The van der Waals surface area contributed by atoms with Gasteiger partial charge < -0.3 is 10.6 Å². The van der Waals surface area contributed by atoms with Gasteiger partial charge in [0.2, 0.25) is 0 Å². The van der Waals surface area contributed by atoms with E-state index in [0.717, 1.165) is 5.56 Å². The molecule has 2 rings (SSSR count). The van der Waals surface area contributed by atoms with Crippen LogP contribution in [0.3, 0.4) is 0 Å². The van der Waals surface area contributed by atoms with Gasteiger partial charge in [-0.15, -0.1) is 0 Å². The molecule has 0 aromatic heterocycles. The summed E-state index contributed by atoms with van der Waals surface area (Å²) in [6, 6.07) is 13.3. The Morgan fingerprint density at radius 3 is 2.62 bits per heavy atom. The van der Waals surface area contributed by atoms with Crippen LogP contribution in [0.1, 0.15) is 28.4 Å². The molecule has 21 heavy (non-hydrogen) atoms. The maximum atomic E-state index is 12.6. The second kappa shape index (κ2) is 6.64. The molecule has 0 heterocycles. The number of carbonyl (C=O) groups is 1. The number of halogens is 1. The second-order valence-electron chi connectivity index (χ2n) is 5.02. The summed E-state index contributed by atoms with van der Waals surface area (Å²) in [6.07, 6.45) is 0. The van der Waals surface area contributed by atoms with Gasteiger partial charge in [-0.25, -0.2) is 0 Å². The summed E-state index contributed by atoms with van der Waals surface area (Å²) in [4.78, 5) is 14.4. The number of hydrogen-bond donors (Lipinski definition) is 1. The molecular formula is C17H19ClN2O. The molecule has 0 bridgehead atoms. The number of anilines is 1. The third-order valence-corrected chi connectivity index (χ3v) is 3.81. The summed E-state index contributed by atoms with van der Waals surface area (Å²) in [7, 11) is 0. The van der Waals surface area contributed by atoms with Crippen molar-refractivity contribution in [2.75, 3.05) is 12.3 Å². The minimum atomic E-state index is -0.101. The summed E-state index contributed by atoms with van der Waals surface area (Å²) in [6.45, 7) is 5.16. The fourth-order valence-corrected chi connectivity index (χ4v) is 2.45. The van der Waals surface area contributed by atoms with Crippen molar-refractivity contribution in [2.45, 2.75) is 20.4 Å². The topological polar surface area (TPSA) is 46.3 Å². The van der Waals surface area contributed by atoms with Crippen LogP contribution in [0, 0.1) is 6.92 Å². The van der Waals surface area contributed by atoms with Gasteiger partial charge in [-0.2, -0.15) is 0 Å². The van der Waals surface area contributed by atoms with Crippen molar-refractivity contribution >= 4 is 23.2 Å². The lowest BCUT2D eigenvalue weighted by Gasteiger charge is -2.22. The first-order chi connectivity index (χ1) is 10.0. The fourth-order valence-electron chi connectivity index (χ4n) is 2.24. The normalized spacial score (nSPS) is 10.4. The molecule has 4 heteroatoms. The molecule has 2 N–H and O–H groups in total. The highest BCUT2D eigenvalue weighted by molar-refractivity contribution is 6.36. The average Bonchev–Trinajstić information content (AvgIpc) is 2.47. The van der Waals surface area contributed by atoms with Crippen molar-refractivity contribution in [3.05, 3.63) is 64.2 Å². The summed E-state index contributed by atoms with van der Waals surface area (Å²) in [5.41, 5.74) is 8.93. The Balaban J connectivity index is 2.25. The Kier molecular flexibility index (Phi) is 4.86. The average molecular weight is 303 g/mol. The molecule has 0 radical (unpaired) electrons. The highest BCUT2D eigenvalue weighted by Crippen LogP contribution is 2.24. The van der Waals surface area contributed by atoms with Gasteiger partial charge in [0.25, 0.3) is 5.91 Å². The zero-order valence-electron chi connectivity index (χ0n) is 12.3. The monoisotopic (exact) mass is 302 g/mol. The van der Waals surface area contributed by atoms with Gasteiger partial charge in [-0.1, -0.05) is 47.5 Å². The molecule has 0 aliphatic heterocycles. The van der Waals surface area contributed by atoms with Crippen molar-refractivity contribution in [1.29, 1.82) is 0 Å².